The molecule has 2 fully saturated rings. The van der Waals surface area contributed by atoms with Gasteiger partial charge in [0.1, 0.15) is 11.9 Å². The summed E-state index contributed by atoms with van der Waals surface area (Å²) in [4.78, 5) is 15.1. The summed E-state index contributed by atoms with van der Waals surface area (Å²) in [7, 11) is 1.59. The van der Waals surface area contributed by atoms with Crippen molar-refractivity contribution in [1.82, 2.24) is 10.6 Å². The number of benzene rings is 2. The number of nitrogens with one attached hydrogen (secondary N) is 2. The van der Waals surface area contributed by atoms with Crippen LogP contribution in [-0.4, -0.2) is 52.6 Å². The SMILES string of the molecule is COc1ccccc1CNC(=O)C1CC(O)C(O)C2NC(=S)N(c3ccccc3)C12. The number of rotatable bonds is 5. The van der Waals surface area contributed by atoms with Gasteiger partial charge in [-0.3, -0.25) is 4.79 Å². The van der Waals surface area contributed by atoms with E-state index in [1.54, 1.807) is 7.11 Å². The molecule has 4 N–H and O–H groups in total. The molecule has 2 aromatic rings. The van der Waals surface area contributed by atoms with Crippen LogP contribution in [0.15, 0.2) is 54.6 Å². The molecule has 8 heteroatoms. The van der Waals surface area contributed by atoms with Crippen molar-refractivity contribution in [3.8, 4) is 5.75 Å². The second-order valence-electron chi connectivity index (χ2n) is 7.60. The van der Waals surface area contributed by atoms with Gasteiger partial charge in [-0.2, -0.15) is 0 Å². The third-order valence-corrected chi connectivity index (χ3v) is 6.18. The fourth-order valence-corrected chi connectivity index (χ4v) is 4.76. The van der Waals surface area contributed by atoms with E-state index in [1.165, 1.54) is 0 Å². The molecule has 4 rings (SSSR count). The van der Waals surface area contributed by atoms with Crippen LogP contribution >= 0.6 is 12.2 Å². The number of hydrogen-bond acceptors (Lipinski definition) is 5. The summed E-state index contributed by atoms with van der Waals surface area (Å²) < 4.78 is 5.35. The molecule has 5 unspecified atom stereocenters. The molecule has 0 bridgehead atoms. The highest BCUT2D eigenvalue weighted by atomic mass is 32.1. The minimum absolute atomic E-state index is 0.147. The molecule has 7 nitrogen and oxygen atoms in total. The van der Waals surface area contributed by atoms with E-state index in [0.29, 0.717) is 17.4 Å². The van der Waals surface area contributed by atoms with E-state index < -0.39 is 30.2 Å². The van der Waals surface area contributed by atoms with Gasteiger partial charge in [0, 0.05) is 17.8 Å². The first-order valence-corrected chi connectivity index (χ1v) is 10.3. The van der Waals surface area contributed by atoms with Crippen LogP contribution in [0.5, 0.6) is 5.75 Å². The van der Waals surface area contributed by atoms with Gasteiger partial charge in [0.15, 0.2) is 5.11 Å². The summed E-state index contributed by atoms with van der Waals surface area (Å²) >= 11 is 5.52. The maximum absolute atomic E-state index is 13.2. The van der Waals surface area contributed by atoms with Gasteiger partial charge >= 0.3 is 0 Å². The normalized spacial score (nSPS) is 27.9. The molecular formula is C22H25N3O4S. The van der Waals surface area contributed by atoms with Gasteiger partial charge in [0.2, 0.25) is 5.91 Å². The molecule has 30 heavy (non-hydrogen) atoms. The van der Waals surface area contributed by atoms with Crippen LogP contribution in [0.3, 0.4) is 0 Å². The first-order valence-electron chi connectivity index (χ1n) is 9.91. The summed E-state index contributed by atoms with van der Waals surface area (Å²) in [6.45, 7) is 0.304. The maximum atomic E-state index is 13.2. The number of amides is 1. The van der Waals surface area contributed by atoms with Crippen LogP contribution in [0.2, 0.25) is 0 Å². The average Bonchev–Trinajstić information content (AvgIpc) is 3.12. The zero-order chi connectivity index (χ0) is 21.3. The Bertz CT molecular complexity index is 926. The minimum Gasteiger partial charge on any atom is -0.496 e. The van der Waals surface area contributed by atoms with Crippen LogP contribution in [-0.2, 0) is 11.3 Å². The van der Waals surface area contributed by atoms with Crippen molar-refractivity contribution >= 4 is 28.9 Å². The highest BCUT2D eigenvalue weighted by Crippen LogP contribution is 2.36. The number of nitrogens with zero attached hydrogens (tertiary/aromatic N) is 1. The Hall–Kier alpha value is -2.68. The summed E-state index contributed by atoms with van der Waals surface area (Å²) in [6, 6.07) is 16.1. The number of thiocarbonyl (C=S) groups is 1. The highest BCUT2D eigenvalue weighted by molar-refractivity contribution is 7.80. The standard InChI is InChI=1S/C22H25N3O4S/c1-29-17-10-6-5-7-13(17)12-23-21(28)15-11-16(26)20(27)18-19(15)25(22(30)24-18)14-8-3-2-4-9-14/h2-10,15-16,18-20,26-27H,11-12H2,1H3,(H,23,28)(H,24,30). The van der Waals surface area contributed by atoms with Crippen LogP contribution in [0, 0.1) is 5.92 Å². The number of anilines is 1. The van der Waals surface area contributed by atoms with Gasteiger partial charge in [-0.15, -0.1) is 0 Å². The summed E-state index contributed by atoms with van der Waals surface area (Å²) in [5.74, 6) is -0.0602. The van der Waals surface area contributed by atoms with Gasteiger partial charge in [-0.25, -0.2) is 0 Å². The minimum atomic E-state index is -1.01. The fourth-order valence-electron chi connectivity index (χ4n) is 4.39. The van der Waals surface area contributed by atoms with E-state index in [2.05, 4.69) is 10.6 Å². The van der Waals surface area contributed by atoms with E-state index >= 15 is 0 Å². The molecule has 1 heterocycles. The van der Waals surface area contributed by atoms with Crippen molar-refractivity contribution in [3.05, 3.63) is 60.2 Å². The van der Waals surface area contributed by atoms with Crippen molar-refractivity contribution in [1.29, 1.82) is 0 Å². The molecule has 1 aliphatic heterocycles. The zero-order valence-corrected chi connectivity index (χ0v) is 17.4. The second kappa shape index (κ2) is 8.59. The van der Waals surface area contributed by atoms with E-state index in [9.17, 15) is 15.0 Å². The third-order valence-electron chi connectivity index (χ3n) is 5.86. The number of hydrogen-bond donors (Lipinski definition) is 4. The predicted octanol–water partition coefficient (Wildman–Crippen LogP) is 1.18. The first-order chi connectivity index (χ1) is 14.5. The van der Waals surface area contributed by atoms with Gasteiger partial charge in [0.25, 0.3) is 0 Å². The summed E-state index contributed by atoms with van der Waals surface area (Å²) in [5, 5.41) is 27.5. The van der Waals surface area contributed by atoms with Gasteiger partial charge in [-0.1, -0.05) is 36.4 Å². The van der Waals surface area contributed by atoms with Crippen molar-refractivity contribution in [2.75, 3.05) is 12.0 Å². The lowest BCUT2D eigenvalue weighted by molar-refractivity contribution is -0.131. The van der Waals surface area contributed by atoms with Crippen LogP contribution in [0.4, 0.5) is 5.69 Å². The number of methoxy groups -OCH3 is 1. The number of aliphatic hydroxyl groups excluding tert-OH is 2. The predicted molar refractivity (Wildman–Crippen MR) is 117 cm³/mol. The molecule has 1 saturated carbocycles. The lowest BCUT2D eigenvalue weighted by Gasteiger charge is -2.41. The second-order valence-corrected chi connectivity index (χ2v) is 7.99. The smallest absolute Gasteiger partial charge is 0.225 e. The topological polar surface area (TPSA) is 94.1 Å². The van der Waals surface area contributed by atoms with Gasteiger partial charge < -0.3 is 30.5 Å². The quantitative estimate of drug-likeness (QED) is 0.533. The Morgan fingerprint density at radius 3 is 2.63 bits per heavy atom. The molecule has 1 saturated heterocycles. The van der Waals surface area contributed by atoms with E-state index in [-0.39, 0.29) is 12.3 Å². The molecule has 1 aliphatic carbocycles. The molecule has 158 valence electrons. The number of carbonyl (C=O) groups is 1. The highest BCUT2D eigenvalue weighted by Gasteiger charge is 2.53. The lowest BCUT2D eigenvalue weighted by Crippen LogP contribution is -2.60. The Morgan fingerprint density at radius 2 is 1.90 bits per heavy atom. The summed E-state index contributed by atoms with van der Waals surface area (Å²) in [5.41, 5.74) is 1.70. The molecule has 0 spiro atoms. The fraction of sp³-hybridized carbons (Fsp3) is 0.364. The van der Waals surface area contributed by atoms with Gasteiger partial charge in [-0.05, 0) is 36.8 Å². The van der Waals surface area contributed by atoms with Crippen molar-refractivity contribution in [3.63, 3.8) is 0 Å². The maximum Gasteiger partial charge on any atom is 0.225 e. The lowest BCUT2D eigenvalue weighted by atomic mass is 9.77. The first kappa shape index (κ1) is 20.6. The average molecular weight is 428 g/mol. The number of fused-ring (bicyclic) bond motifs is 1. The van der Waals surface area contributed by atoms with E-state index in [4.69, 9.17) is 17.0 Å². The van der Waals surface area contributed by atoms with E-state index in [1.807, 2.05) is 59.5 Å². The Kier molecular flexibility index (Phi) is 5.90. The van der Waals surface area contributed by atoms with Crippen molar-refractivity contribution in [2.45, 2.75) is 37.3 Å². The molecule has 2 aromatic carbocycles. The van der Waals surface area contributed by atoms with Crippen LogP contribution < -0.4 is 20.3 Å². The molecule has 0 radical (unpaired) electrons. The largest absolute Gasteiger partial charge is 0.496 e. The van der Waals surface area contributed by atoms with Crippen molar-refractivity contribution < 1.29 is 19.7 Å². The third kappa shape index (κ3) is 3.74. The Morgan fingerprint density at radius 1 is 1.20 bits per heavy atom. The van der Waals surface area contributed by atoms with Crippen LogP contribution in [0.25, 0.3) is 0 Å². The number of para-hydroxylation sites is 2. The summed E-state index contributed by atoms with van der Waals surface area (Å²) in [6.07, 6.45) is -1.88. The van der Waals surface area contributed by atoms with Gasteiger partial charge in [0.05, 0.1) is 31.2 Å². The number of aliphatic hydroxyl groups is 2. The van der Waals surface area contributed by atoms with Crippen LogP contribution in [0.1, 0.15) is 12.0 Å². The molecular weight excluding hydrogens is 402 g/mol. The van der Waals surface area contributed by atoms with Crippen molar-refractivity contribution in [2.24, 2.45) is 5.92 Å². The molecule has 2 aliphatic rings. The number of ether oxygens (including phenoxy) is 1. The molecule has 5 atom stereocenters. The van der Waals surface area contributed by atoms with E-state index in [0.717, 1.165) is 11.3 Å². The number of carbonyl (C=O) groups excluding carboxylic acids is 1. The zero-order valence-electron chi connectivity index (χ0n) is 16.6. The Labute approximate surface area is 180 Å². The molecule has 1 amide bonds. The monoisotopic (exact) mass is 427 g/mol. The Balaban J connectivity index is 1.59. The molecule has 0 aromatic heterocycles.